The molecule has 0 aromatic heterocycles. The molecule has 0 saturated heterocycles. The smallest absolute Gasteiger partial charge is 0.262 e. The lowest BCUT2D eigenvalue weighted by molar-refractivity contribution is -0.118. The fraction of sp³-hybridized carbons (Fsp3) is 0.133. The summed E-state index contributed by atoms with van der Waals surface area (Å²) >= 11 is 0. The molecule has 6 heteroatoms. The number of benzene rings is 2. The molecule has 0 saturated carbocycles. The Labute approximate surface area is 120 Å². The summed E-state index contributed by atoms with van der Waals surface area (Å²) in [7, 11) is 0. The fourth-order valence-electron chi connectivity index (χ4n) is 2.02. The van der Waals surface area contributed by atoms with Crippen LogP contribution in [0.4, 0.5) is 15.8 Å². The molecule has 0 fully saturated rings. The molecular formula is C15H13FN2O3. The van der Waals surface area contributed by atoms with E-state index in [4.69, 9.17) is 15.2 Å². The Morgan fingerprint density at radius 2 is 2.14 bits per heavy atom. The minimum absolute atomic E-state index is 0.0379. The van der Waals surface area contributed by atoms with Crippen molar-refractivity contribution >= 4 is 17.3 Å². The number of nitrogen functional groups attached to an aromatic ring is 1. The van der Waals surface area contributed by atoms with Crippen LogP contribution in [0.15, 0.2) is 30.3 Å². The third-order valence-electron chi connectivity index (χ3n) is 3.10. The molecule has 0 atom stereocenters. The van der Waals surface area contributed by atoms with E-state index in [1.54, 1.807) is 25.1 Å². The van der Waals surface area contributed by atoms with Gasteiger partial charge in [0, 0.05) is 12.1 Å². The largest absolute Gasteiger partial charge is 0.481 e. The summed E-state index contributed by atoms with van der Waals surface area (Å²) in [5.41, 5.74) is 7.24. The van der Waals surface area contributed by atoms with E-state index in [9.17, 15) is 9.18 Å². The molecule has 3 N–H and O–H groups in total. The van der Waals surface area contributed by atoms with E-state index in [-0.39, 0.29) is 18.3 Å². The van der Waals surface area contributed by atoms with Gasteiger partial charge in [-0.05, 0) is 30.7 Å². The average molecular weight is 288 g/mol. The summed E-state index contributed by atoms with van der Waals surface area (Å²) in [6.45, 7) is 1.61. The molecule has 1 aliphatic rings. The van der Waals surface area contributed by atoms with Gasteiger partial charge in [0.05, 0.1) is 11.4 Å². The van der Waals surface area contributed by atoms with Crippen molar-refractivity contribution in [1.82, 2.24) is 0 Å². The predicted molar refractivity (Wildman–Crippen MR) is 76.2 cm³/mol. The SMILES string of the molecule is Cc1cc(Oc2cc3c(cc2N)OCC(=O)N3)ccc1F. The van der Waals surface area contributed by atoms with Gasteiger partial charge in [-0.25, -0.2) is 4.39 Å². The number of nitrogens with one attached hydrogen (secondary N) is 1. The fourth-order valence-corrected chi connectivity index (χ4v) is 2.02. The van der Waals surface area contributed by atoms with Crippen molar-refractivity contribution in [2.45, 2.75) is 6.92 Å². The van der Waals surface area contributed by atoms with E-state index in [0.29, 0.717) is 34.2 Å². The summed E-state index contributed by atoms with van der Waals surface area (Å²) < 4.78 is 24.1. The van der Waals surface area contributed by atoms with Crippen molar-refractivity contribution in [3.8, 4) is 17.2 Å². The molecular weight excluding hydrogens is 275 g/mol. The van der Waals surface area contributed by atoms with E-state index >= 15 is 0 Å². The number of fused-ring (bicyclic) bond motifs is 1. The maximum absolute atomic E-state index is 13.2. The number of nitrogens with two attached hydrogens (primary N) is 1. The monoisotopic (exact) mass is 288 g/mol. The minimum atomic E-state index is -0.304. The lowest BCUT2D eigenvalue weighted by atomic mass is 10.2. The number of amides is 1. The van der Waals surface area contributed by atoms with Crippen LogP contribution >= 0.6 is 0 Å². The summed E-state index contributed by atoms with van der Waals surface area (Å²) in [4.78, 5) is 11.3. The lowest BCUT2D eigenvalue weighted by Crippen LogP contribution is -2.25. The van der Waals surface area contributed by atoms with E-state index in [2.05, 4.69) is 5.32 Å². The number of hydrogen-bond donors (Lipinski definition) is 2. The molecule has 0 aliphatic carbocycles. The molecule has 1 amide bonds. The van der Waals surface area contributed by atoms with Gasteiger partial charge in [0.25, 0.3) is 5.91 Å². The first-order chi connectivity index (χ1) is 10.0. The molecule has 0 bridgehead atoms. The molecule has 108 valence electrons. The predicted octanol–water partition coefficient (Wildman–Crippen LogP) is 2.84. The molecule has 5 nitrogen and oxygen atoms in total. The normalized spacial score (nSPS) is 13.1. The van der Waals surface area contributed by atoms with E-state index < -0.39 is 0 Å². The number of rotatable bonds is 2. The van der Waals surface area contributed by atoms with Gasteiger partial charge in [-0.1, -0.05) is 0 Å². The highest BCUT2D eigenvalue weighted by Gasteiger charge is 2.18. The van der Waals surface area contributed by atoms with Crippen LogP contribution in [0.2, 0.25) is 0 Å². The van der Waals surface area contributed by atoms with Gasteiger partial charge in [-0.2, -0.15) is 0 Å². The van der Waals surface area contributed by atoms with Crippen LogP contribution < -0.4 is 20.5 Å². The Hall–Kier alpha value is -2.76. The zero-order valence-electron chi connectivity index (χ0n) is 11.3. The van der Waals surface area contributed by atoms with Crippen LogP contribution in [0.5, 0.6) is 17.2 Å². The molecule has 1 heterocycles. The summed E-state index contributed by atoms with van der Waals surface area (Å²) in [5, 5.41) is 2.67. The molecule has 21 heavy (non-hydrogen) atoms. The van der Waals surface area contributed by atoms with Gasteiger partial charge in [-0.15, -0.1) is 0 Å². The van der Waals surface area contributed by atoms with Crippen molar-refractivity contribution in [1.29, 1.82) is 0 Å². The highest BCUT2D eigenvalue weighted by atomic mass is 19.1. The second-order valence-electron chi connectivity index (χ2n) is 4.74. The number of aryl methyl sites for hydroxylation is 1. The van der Waals surface area contributed by atoms with Crippen molar-refractivity contribution < 1.29 is 18.7 Å². The highest BCUT2D eigenvalue weighted by molar-refractivity contribution is 5.96. The van der Waals surface area contributed by atoms with E-state index in [1.165, 1.54) is 12.1 Å². The molecule has 0 radical (unpaired) electrons. The van der Waals surface area contributed by atoms with Crippen LogP contribution in [-0.2, 0) is 4.79 Å². The number of hydrogen-bond acceptors (Lipinski definition) is 4. The molecule has 1 aliphatic heterocycles. The summed E-state index contributed by atoms with van der Waals surface area (Å²) in [6, 6.07) is 7.57. The average Bonchev–Trinajstić information content (AvgIpc) is 2.44. The molecule has 2 aromatic rings. The zero-order valence-corrected chi connectivity index (χ0v) is 11.3. The Balaban J connectivity index is 1.93. The van der Waals surface area contributed by atoms with Crippen LogP contribution in [0.1, 0.15) is 5.56 Å². The van der Waals surface area contributed by atoms with Gasteiger partial charge in [0.1, 0.15) is 17.3 Å². The highest BCUT2D eigenvalue weighted by Crippen LogP contribution is 2.38. The Bertz CT molecular complexity index is 731. The van der Waals surface area contributed by atoms with Crippen LogP contribution in [0.25, 0.3) is 0 Å². The lowest BCUT2D eigenvalue weighted by Gasteiger charge is -2.20. The van der Waals surface area contributed by atoms with Crippen LogP contribution in [-0.4, -0.2) is 12.5 Å². The first-order valence-electron chi connectivity index (χ1n) is 6.33. The Morgan fingerprint density at radius 1 is 1.33 bits per heavy atom. The van der Waals surface area contributed by atoms with Crippen LogP contribution in [0.3, 0.4) is 0 Å². The van der Waals surface area contributed by atoms with Crippen molar-refractivity contribution in [3.05, 3.63) is 41.7 Å². The maximum atomic E-state index is 13.2. The molecule has 0 unspecified atom stereocenters. The molecule has 0 spiro atoms. The van der Waals surface area contributed by atoms with Gasteiger partial charge in [-0.3, -0.25) is 4.79 Å². The summed E-state index contributed by atoms with van der Waals surface area (Å²) in [5.74, 6) is 0.779. The number of anilines is 2. The number of ether oxygens (including phenoxy) is 2. The number of carbonyl (C=O) groups is 1. The van der Waals surface area contributed by atoms with Gasteiger partial charge < -0.3 is 20.5 Å². The molecule has 2 aromatic carbocycles. The van der Waals surface area contributed by atoms with Gasteiger partial charge >= 0.3 is 0 Å². The van der Waals surface area contributed by atoms with Crippen LogP contribution in [0, 0.1) is 12.7 Å². The van der Waals surface area contributed by atoms with E-state index in [1.807, 2.05) is 0 Å². The topological polar surface area (TPSA) is 73.6 Å². The summed E-state index contributed by atoms with van der Waals surface area (Å²) in [6.07, 6.45) is 0. The van der Waals surface area contributed by atoms with Crippen molar-refractivity contribution in [3.63, 3.8) is 0 Å². The first-order valence-corrected chi connectivity index (χ1v) is 6.33. The quantitative estimate of drug-likeness (QED) is 0.833. The van der Waals surface area contributed by atoms with Gasteiger partial charge in [0.2, 0.25) is 0 Å². The first kappa shape index (κ1) is 13.2. The van der Waals surface area contributed by atoms with Gasteiger partial charge in [0.15, 0.2) is 12.4 Å². The van der Waals surface area contributed by atoms with E-state index in [0.717, 1.165) is 0 Å². The number of halogens is 1. The second kappa shape index (κ2) is 4.97. The standard InChI is InChI=1S/C15H13FN2O3/c1-8-4-9(2-3-10(8)16)21-13-6-12-14(5-11(13)17)20-7-15(19)18-12/h2-6H,7,17H2,1H3,(H,18,19). The molecule has 3 rings (SSSR count). The third-order valence-corrected chi connectivity index (χ3v) is 3.10. The Kier molecular flexibility index (Phi) is 3.13. The third kappa shape index (κ3) is 2.60. The van der Waals surface area contributed by atoms with Crippen molar-refractivity contribution in [2.75, 3.05) is 17.7 Å². The Morgan fingerprint density at radius 3 is 2.90 bits per heavy atom. The maximum Gasteiger partial charge on any atom is 0.262 e. The van der Waals surface area contributed by atoms with Crippen molar-refractivity contribution in [2.24, 2.45) is 0 Å². The zero-order chi connectivity index (χ0) is 15.0. The second-order valence-corrected chi connectivity index (χ2v) is 4.74. The minimum Gasteiger partial charge on any atom is -0.481 e. The number of carbonyl (C=O) groups excluding carboxylic acids is 1.